The number of thiophene rings is 1. The molecule has 1 amide bonds. The maximum Gasteiger partial charge on any atom is 0.262 e. The molecule has 0 saturated carbocycles. The third kappa shape index (κ3) is 3.79. The van der Waals surface area contributed by atoms with E-state index in [0.29, 0.717) is 21.6 Å². The second-order valence-corrected chi connectivity index (χ2v) is 6.53. The number of amides is 1. The second kappa shape index (κ2) is 7.70. The fraction of sp³-hybridized carbons (Fsp3) is 0.562. The first-order valence-electron chi connectivity index (χ1n) is 7.94. The van der Waals surface area contributed by atoms with Gasteiger partial charge in [-0.15, -0.1) is 11.3 Å². The Kier molecular flexibility index (Phi) is 5.90. The van der Waals surface area contributed by atoms with E-state index in [1.54, 1.807) is 7.05 Å². The van der Waals surface area contributed by atoms with Crippen LogP contribution in [0.2, 0.25) is 0 Å². The molecule has 0 atom stereocenters. The van der Waals surface area contributed by atoms with Crippen LogP contribution in [-0.2, 0) is 7.05 Å². The average molecular weight is 336 g/mol. The number of nitrogens with one attached hydrogen (secondary N) is 1. The van der Waals surface area contributed by atoms with Crippen molar-refractivity contribution in [1.82, 2.24) is 19.8 Å². The van der Waals surface area contributed by atoms with Gasteiger partial charge < -0.3 is 14.8 Å². The quantitative estimate of drug-likeness (QED) is 0.783. The number of hydrogen-bond donors (Lipinski definition) is 1. The zero-order valence-electron chi connectivity index (χ0n) is 14.2. The van der Waals surface area contributed by atoms with Gasteiger partial charge in [-0.3, -0.25) is 9.59 Å². The third-order valence-corrected chi connectivity index (χ3v) is 5.25. The highest BCUT2D eigenvalue weighted by molar-refractivity contribution is 7.20. The van der Waals surface area contributed by atoms with E-state index in [2.05, 4.69) is 29.0 Å². The Labute approximate surface area is 140 Å². The van der Waals surface area contributed by atoms with Crippen LogP contribution >= 0.6 is 11.3 Å². The Morgan fingerprint density at radius 3 is 2.74 bits per heavy atom. The number of rotatable bonds is 7. The summed E-state index contributed by atoms with van der Waals surface area (Å²) in [7, 11) is 1.67. The van der Waals surface area contributed by atoms with Crippen LogP contribution in [0.5, 0.6) is 0 Å². The van der Waals surface area contributed by atoms with E-state index in [4.69, 9.17) is 0 Å². The minimum atomic E-state index is -0.118. The Balaban J connectivity index is 2.06. The summed E-state index contributed by atoms with van der Waals surface area (Å²) in [6.45, 7) is 9.73. The molecule has 126 valence electrons. The Bertz CT molecular complexity index is 746. The molecule has 0 saturated heterocycles. The second-order valence-electron chi connectivity index (χ2n) is 5.53. The van der Waals surface area contributed by atoms with Crippen molar-refractivity contribution in [1.29, 1.82) is 0 Å². The molecule has 0 unspecified atom stereocenters. The van der Waals surface area contributed by atoms with E-state index in [1.807, 2.05) is 6.92 Å². The summed E-state index contributed by atoms with van der Waals surface area (Å²) in [5, 5.41) is 3.50. The van der Waals surface area contributed by atoms with Gasteiger partial charge in [0.25, 0.3) is 11.5 Å². The van der Waals surface area contributed by atoms with Crippen LogP contribution in [0.1, 0.15) is 35.5 Å². The molecule has 6 nitrogen and oxygen atoms in total. The first-order valence-corrected chi connectivity index (χ1v) is 8.76. The monoisotopic (exact) mass is 336 g/mol. The molecule has 0 aliphatic carbocycles. The average Bonchev–Trinajstić information content (AvgIpc) is 2.88. The van der Waals surface area contributed by atoms with Crippen molar-refractivity contribution in [2.24, 2.45) is 7.05 Å². The summed E-state index contributed by atoms with van der Waals surface area (Å²) in [6, 6.07) is 0. The van der Waals surface area contributed by atoms with Crippen molar-refractivity contribution < 1.29 is 4.79 Å². The van der Waals surface area contributed by atoms with Gasteiger partial charge >= 0.3 is 0 Å². The molecule has 0 aliphatic rings. The number of hydrogen-bond acceptors (Lipinski definition) is 5. The molecule has 7 heteroatoms. The summed E-state index contributed by atoms with van der Waals surface area (Å²) in [4.78, 5) is 32.3. The number of nitrogens with zero attached hydrogens (tertiary/aromatic N) is 3. The molecular weight excluding hydrogens is 312 g/mol. The van der Waals surface area contributed by atoms with Gasteiger partial charge in [0.05, 0.1) is 16.6 Å². The predicted molar refractivity (Wildman–Crippen MR) is 94.3 cm³/mol. The summed E-state index contributed by atoms with van der Waals surface area (Å²) < 4.78 is 1.44. The van der Waals surface area contributed by atoms with Gasteiger partial charge in [-0.2, -0.15) is 0 Å². The largest absolute Gasteiger partial charge is 0.351 e. The van der Waals surface area contributed by atoms with E-state index in [9.17, 15) is 9.59 Å². The Morgan fingerprint density at radius 1 is 1.39 bits per heavy atom. The fourth-order valence-corrected chi connectivity index (χ4v) is 3.61. The standard InChI is InChI=1S/C16H24N4O2S/c1-5-20(6-2)9-7-8-17-14(21)13-11(3)12-15(23-13)18-10-19(4)16(12)22/h10H,5-9H2,1-4H3,(H,17,21). The molecular formula is C16H24N4O2S. The molecule has 0 spiro atoms. The highest BCUT2D eigenvalue weighted by Gasteiger charge is 2.18. The SMILES string of the molecule is CCN(CC)CCCNC(=O)c1sc2ncn(C)c(=O)c2c1C. The molecule has 0 bridgehead atoms. The van der Waals surface area contributed by atoms with Crippen LogP contribution in [0.3, 0.4) is 0 Å². The van der Waals surface area contributed by atoms with Crippen molar-refractivity contribution in [3.8, 4) is 0 Å². The molecule has 0 aromatic carbocycles. The summed E-state index contributed by atoms with van der Waals surface area (Å²) >= 11 is 1.28. The van der Waals surface area contributed by atoms with Crippen LogP contribution in [0, 0.1) is 6.92 Å². The Morgan fingerprint density at radius 2 is 2.09 bits per heavy atom. The lowest BCUT2D eigenvalue weighted by Crippen LogP contribution is -2.29. The molecule has 2 aromatic heterocycles. The van der Waals surface area contributed by atoms with Crippen molar-refractivity contribution in [3.05, 3.63) is 27.1 Å². The van der Waals surface area contributed by atoms with E-state index >= 15 is 0 Å². The van der Waals surface area contributed by atoms with E-state index in [-0.39, 0.29) is 11.5 Å². The third-order valence-electron chi connectivity index (χ3n) is 4.05. The van der Waals surface area contributed by atoms with Crippen molar-refractivity contribution in [2.75, 3.05) is 26.2 Å². The highest BCUT2D eigenvalue weighted by atomic mass is 32.1. The molecule has 0 aliphatic heterocycles. The molecule has 2 rings (SSSR count). The van der Waals surface area contributed by atoms with Gasteiger partial charge in [0.15, 0.2) is 0 Å². The number of carbonyl (C=O) groups is 1. The first kappa shape index (κ1) is 17.6. The zero-order valence-corrected chi connectivity index (χ0v) is 15.0. The summed E-state index contributed by atoms with van der Waals surface area (Å²) in [5.41, 5.74) is 0.615. The van der Waals surface area contributed by atoms with Gasteiger partial charge in [0.2, 0.25) is 0 Å². The van der Waals surface area contributed by atoms with E-state index < -0.39 is 0 Å². The number of carbonyl (C=O) groups excluding carboxylic acids is 1. The molecule has 0 fully saturated rings. The molecule has 2 aromatic rings. The summed E-state index contributed by atoms with van der Waals surface area (Å²) in [6.07, 6.45) is 2.41. The van der Waals surface area contributed by atoms with E-state index in [1.165, 1.54) is 22.2 Å². The summed E-state index contributed by atoms with van der Waals surface area (Å²) in [5.74, 6) is -0.118. The van der Waals surface area contributed by atoms with Gasteiger partial charge in [-0.1, -0.05) is 13.8 Å². The topological polar surface area (TPSA) is 67.2 Å². The number of aryl methyl sites for hydroxylation is 2. The number of aromatic nitrogens is 2. The van der Waals surface area contributed by atoms with Gasteiger partial charge in [0.1, 0.15) is 4.83 Å². The van der Waals surface area contributed by atoms with E-state index in [0.717, 1.165) is 31.6 Å². The van der Waals surface area contributed by atoms with Crippen LogP contribution < -0.4 is 10.9 Å². The maximum absolute atomic E-state index is 12.4. The van der Waals surface area contributed by atoms with Crippen molar-refractivity contribution in [2.45, 2.75) is 27.2 Å². The fourth-order valence-electron chi connectivity index (χ4n) is 2.55. The molecule has 23 heavy (non-hydrogen) atoms. The Hall–Kier alpha value is -1.73. The molecule has 0 radical (unpaired) electrons. The van der Waals surface area contributed by atoms with Crippen molar-refractivity contribution in [3.63, 3.8) is 0 Å². The normalized spacial score (nSPS) is 11.3. The lowest BCUT2D eigenvalue weighted by molar-refractivity contribution is 0.0955. The van der Waals surface area contributed by atoms with Crippen LogP contribution in [0.25, 0.3) is 10.2 Å². The van der Waals surface area contributed by atoms with Gasteiger partial charge in [-0.05, 0) is 38.5 Å². The van der Waals surface area contributed by atoms with Crippen LogP contribution in [0.4, 0.5) is 0 Å². The highest BCUT2D eigenvalue weighted by Crippen LogP contribution is 2.26. The van der Waals surface area contributed by atoms with Crippen LogP contribution in [0.15, 0.2) is 11.1 Å². The van der Waals surface area contributed by atoms with Gasteiger partial charge in [-0.25, -0.2) is 4.98 Å². The maximum atomic E-state index is 12.4. The zero-order chi connectivity index (χ0) is 17.0. The van der Waals surface area contributed by atoms with Gasteiger partial charge in [0, 0.05) is 13.6 Å². The minimum Gasteiger partial charge on any atom is -0.351 e. The minimum absolute atomic E-state index is 0.107. The lowest BCUT2D eigenvalue weighted by atomic mass is 10.2. The molecule has 1 N–H and O–H groups in total. The first-order chi connectivity index (χ1) is 11.0. The lowest BCUT2D eigenvalue weighted by Gasteiger charge is -2.17. The smallest absolute Gasteiger partial charge is 0.262 e. The van der Waals surface area contributed by atoms with Crippen LogP contribution in [-0.4, -0.2) is 46.5 Å². The molecule has 2 heterocycles. The number of fused-ring (bicyclic) bond motifs is 1. The predicted octanol–water partition coefficient (Wildman–Crippen LogP) is 1.77. The van der Waals surface area contributed by atoms with Crippen molar-refractivity contribution >= 4 is 27.5 Å².